The minimum Gasteiger partial charge on any atom is -0.333 e. The summed E-state index contributed by atoms with van der Waals surface area (Å²) < 4.78 is 13.5. The van der Waals surface area contributed by atoms with E-state index in [0.717, 1.165) is 0 Å². The van der Waals surface area contributed by atoms with Crippen LogP contribution in [0.5, 0.6) is 0 Å². The SMILES string of the molecule is CC(C)(C)NC(=O)Nc1nc2cc(F)ncc2cc1-c1c(Cl)cccc1Cl. The molecule has 0 saturated heterocycles. The van der Waals surface area contributed by atoms with Gasteiger partial charge >= 0.3 is 6.03 Å². The van der Waals surface area contributed by atoms with Crippen molar-refractivity contribution in [1.29, 1.82) is 0 Å². The Morgan fingerprint density at radius 3 is 2.44 bits per heavy atom. The number of carbonyl (C=O) groups is 1. The Morgan fingerprint density at radius 1 is 1.15 bits per heavy atom. The van der Waals surface area contributed by atoms with Gasteiger partial charge in [0.15, 0.2) is 0 Å². The average molecular weight is 407 g/mol. The summed E-state index contributed by atoms with van der Waals surface area (Å²) >= 11 is 12.7. The Labute approximate surface area is 165 Å². The van der Waals surface area contributed by atoms with Gasteiger partial charge in [-0.15, -0.1) is 0 Å². The number of rotatable bonds is 2. The number of halogens is 3. The van der Waals surface area contributed by atoms with Crippen molar-refractivity contribution in [3.8, 4) is 11.1 Å². The molecule has 0 unspecified atom stereocenters. The molecule has 3 aromatic rings. The highest BCUT2D eigenvalue weighted by molar-refractivity contribution is 6.39. The molecule has 0 bridgehead atoms. The van der Waals surface area contributed by atoms with Gasteiger partial charge in [0.25, 0.3) is 0 Å². The first-order chi connectivity index (χ1) is 12.6. The summed E-state index contributed by atoms with van der Waals surface area (Å²) in [4.78, 5) is 20.4. The molecule has 0 aliphatic carbocycles. The van der Waals surface area contributed by atoms with E-state index in [1.165, 1.54) is 12.3 Å². The van der Waals surface area contributed by atoms with Gasteiger partial charge in [0.2, 0.25) is 5.95 Å². The number of benzene rings is 1. The second-order valence-electron chi connectivity index (χ2n) is 7.01. The van der Waals surface area contributed by atoms with E-state index in [4.69, 9.17) is 23.2 Å². The molecule has 0 saturated carbocycles. The maximum Gasteiger partial charge on any atom is 0.320 e. The average Bonchev–Trinajstić information content (AvgIpc) is 2.53. The van der Waals surface area contributed by atoms with Gasteiger partial charge in [-0.2, -0.15) is 4.39 Å². The molecular formula is C19H17Cl2FN4O. The van der Waals surface area contributed by atoms with Crippen LogP contribution in [0.4, 0.5) is 15.0 Å². The third-order valence-corrected chi connectivity index (χ3v) is 4.25. The van der Waals surface area contributed by atoms with Crippen molar-refractivity contribution >= 4 is 46.0 Å². The maximum atomic E-state index is 13.5. The minimum atomic E-state index is -0.663. The Kier molecular flexibility index (Phi) is 5.22. The molecule has 5 nitrogen and oxygen atoms in total. The molecule has 0 spiro atoms. The Bertz CT molecular complexity index is 1010. The quantitative estimate of drug-likeness (QED) is 0.539. The topological polar surface area (TPSA) is 66.9 Å². The van der Waals surface area contributed by atoms with Crippen LogP contribution in [0.25, 0.3) is 22.0 Å². The second kappa shape index (κ2) is 7.29. The molecule has 2 N–H and O–H groups in total. The summed E-state index contributed by atoms with van der Waals surface area (Å²) in [6.07, 6.45) is 1.37. The molecule has 2 amide bonds. The number of urea groups is 1. The summed E-state index contributed by atoms with van der Waals surface area (Å²) in [5.74, 6) is -0.450. The molecule has 140 valence electrons. The Morgan fingerprint density at radius 2 is 1.81 bits per heavy atom. The molecule has 2 heterocycles. The van der Waals surface area contributed by atoms with Crippen LogP contribution in [0.2, 0.25) is 10.0 Å². The van der Waals surface area contributed by atoms with Crippen molar-refractivity contribution < 1.29 is 9.18 Å². The molecule has 8 heteroatoms. The van der Waals surface area contributed by atoms with E-state index in [-0.39, 0.29) is 5.82 Å². The lowest BCUT2D eigenvalue weighted by molar-refractivity contribution is 0.243. The Balaban J connectivity index is 2.18. The highest BCUT2D eigenvalue weighted by atomic mass is 35.5. The van der Waals surface area contributed by atoms with E-state index in [2.05, 4.69) is 20.6 Å². The van der Waals surface area contributed by atoms with Crippen LogP contribution in [0.15, 0.2) is 36.5 Å². The number of pyridine rings is 2. The van der Waals surface area contributed by atoms with E-state index in [1.807, 2.05) is 20.8 Å². The minimum absolute atomic E-state index is 0.213. The number of fused-ring (bicyclic) bond motifs is 1. The van der Waals surface area contributed by atoms with Gasteiger partial charge in [-0.05, 0) is 39.0 Å². The number of hydrogen-bond acceptors (Lipinski definition) is 3. The second-order valence-corrected chi connectivity index (χ2v) is 7.82. The first-order valence-electron chi connectivity index (χ1n) is 8.14. The predicted octanol–water partition coefficient (Wildman–Crippen LogP) is 5.66. The zero-order valence-corrected chi connectivity index (χ0v) is 16.4. The fraction of sp³-hybridized carbons (Fsp3) is 0.211. The smallest absolute Gasteiger partial charge is 0.320 e. The summed E-state index contributed by atoms with van der Waals surface area (Å²) in [5.41, 5.74) is 0.931. The lowest BCUT2D eigenvalue weighted by Crippen LogP contribution is -2.43. The van der Waals surface area contributed by atoms with E-state index in [9.17, 15) is 9.18 Å². The van der Waals surface area contributed by atoms with Gasteiger partial charge in [0.1, 0.15) is 5.82 Å². The molecule has 1 aromatic carbocycles. The number of carbonyl (C=O) groups excluding carboxylic acids is 1. The fourth-order valence-corrected chi connectivity index (χ4v) is 3.16. The van der Waals surface area contributed by atoms with Crippen molar-refractivity contribution in [2.75, 3.05) is 5.32 Å². The number of nitrogens with zero attached hydrogens (tertiary/aromatic N) is 2. The highest BCUT2D eigenvalue weighted by Crippen LogP contribution is 2.39. The zero-order chi connectivity index (χ0) is 19.8. The molecule has 0 atom stereocenters. The van der Waals surface area contributed by atoms with Gasteiger partial charge in [-0.25, -0.2) is 14.8 Å². The van der Waals surface area contributed by atoms with Crippen LogP contribution in [0, 0.1) is 5.95 Å². The number of amides is 2. The zero-order valence-electron chi connectivity index (χ0n) is 14.9. The third kappa shape index (κ3) is 4.46. The largest absolute Gasteiger partial charge is 0.333 e. The van der Waals surface area contributed by atoms with Gasteiger partial charge in [-0.1, -0.05) is 29.3 Å². The molecule has 0 aliphatic rings. The summed E-state index contributed by atoms with van der Waals surface area (Å²) in [6.45, 7) is 5.56. The molecule has 27 heavy (non-hydrogen) atoms. The predicted molar refractivity (Wildman–Crippen MR) is 107 cm³/mol. The molecule has 0 fully saturated rings. The van der Waals surface area contributed by atoms with Crippen LogP contribution in [0.3, 0.4) is 0 Å². The molecule has 3 rings (SSSR count). The van der Waals surface area contributed by atoms with Crippen molar-refractivity contribution in [1.82, 2.24) is 15.3 Å². The van der Waals surface area contributed by atoms with Crippen molar-refractivity contribution in [2.24, 2.45) is 0 Å². The van der Waals surface area contributed by atoms with Crippen LogP contribution >= 0.6 is 23.2 Å². The van der Waals surface area contributed by atoms with Gasteiger partial charge in [0, 0.05) is 34.3 Å². The highest BCUT2D eigenvalue weighted by Gasteiger charge is 2.19. The number of aromatic nitrogens is 2. The van der Waals surface area contributed by atoms with Crippen LogP contribution in [-0.2, 0) is 0 Å². The van der Waals surface area contributed by atoms with Gasteiger partial charge < -0.3 is 5.32 Å². The number of anilines is 1. The van der Waals surface area contributed by atoms with Crippen molar-refractivity contribution in [3.05, 3.63) is 52.5 Å². The molecular weight excluding hydrogens is 390 g/mol. The van der Waals surface area contributed by atoms with Crippen molar-refractivity contribution in [3.63, 3.8) is 0 Å². The lowest BCUT2D eigenvalue weighted by atomic mass is 10.0. The van der Waals surface area contributed by atoms with Crippen LogP contribution in [0.1, 0.15) is 20.8 Å². The number of nitrogens with one attached hydrogen (secondary N) is 2. The standard InChI is InChI=1S/C19H17Cl2FN4O/c1-19(2,3)26-18(27)25-17-11(16-12(20)5-4-6-13(16)21)7-10-9-23-15(22)8-14(10)24-17/h4-9H,1-3H3,(H2,24,25,26,27). The van der Waals surface area contributed by atoms with Crippen molar-refractivity contribution in [2.45, 2.75) is 26.3 Å². The van der Waals surface area contributed by atoms with Gasteiger partial charge in [-0.3, -0.25) is 5.32 Å². The first-order valence-corrected chi connectivity index (χ1v) is 8.89. The molecule has 0 aliphatic heterocycles. The monoisotopic (exact) mass is 406 g/mol. The van der Waals surface area contributed by atoms with Crippen LogP contribution in [-0.4, -0.2) is 21.5 Å². The van der Waals surface area contributed by atoms with Gasteiger partial charge in [0.05, 0.1) is 15.6 Å². The summed E-state index contributed by atoms with van der Waals surface area (Å²) in [5, 5.41) is 6.89. The van der Waals surface area contributed by atoms with E-state index >= 15 is 0 Å². The third-order valence-electron chi connectivity index (χ3n) is 3.62. The molecule has 0 radical (unpaired) electrons. The van der Waals surface area contributed by atoms with E-state index in [1.54, 1.807) is 24.3 Å². The van der Waals surface area contributed by atoms with E-state index < -0.39 is 17.5 Å². The van der Waals surface area contributed by atoms with Crippen LogP contribution < -0.4 is 10.6 Å². The summed E-state index contributed by atoms with van der Waals surface area (Å²) in [7, 11) is 0. The fourth-order valence-electron chi connectivity index (χ4n) is 2.56. The lowest BCUT2D eigenvalue weighted by Gasteiger charge is -2.21. The summed E-state index contributed by atoms with van der Waals surface area (Å²) in [6, 6.07) is 7.56. The molecule has 2 aromatic heterocycles. The first kappa shape index (κ1) is 19.3. The maximum absolute atomic E-state index is 13.5. The van der Waals surface area contributed by atoms with E-state index in [0.29, 0.717) is 32.1 Å². The normalized spacial score (nSPS) is 11.5. The number of hydrogen-bond donors (Lipinski definition) is 2. The Hall–Kier alpha value is -2.44.